The summed E-state index contributed by atoms with van der Waals surface area (Å²) in [5.74, 6) is -0.855. The molecule has 1 aromatic carbocycles. The first-order chi connectivity index (χ1) is 14.6. The van der Waals surface area contributed by atoms with Crippen LogP contribution in [-0.2, 0) is 27.8 Å². The summed E-state index contributed by atoms with van der Waals surface area (Å²) in [5, 5.41) is 4.36. The Balaban J connectivity index is 2.38. The van der Waals surface area contributed by atoms with Crippen LogP contribution in [0.25, 0.3) is 22.2 Å². The van der Waals surface area contributed by atoms with Gasteiger partial charge in [-0.2, -0.15) is 5.10 Å². The first-order valence-electron chi connectivity index (χ1n) is 10.0. The van der Waals surface area contributed by atoms with Gasteiger partial charge in [-0.05, 0) is 43.5 Å². The molecular weight excluding hydrogens is 422 g/mol. The lowest BCUT2D eigenvalue weighted by Crippen LogP contribution is -2.55. The van der Waals surface area contributed by atoms with E-state index in [1.54, 1.807) is 29.9 Å². The van der Waals surface area contributed by atoms with Crippen molar-refractivity contribution >= 4 is 26.8 Å². The molecule has 0 aliphatic carbocycles. The van der Waals surface area contributed by atoms with Gasteiger partial charge in [0.05, 0.1) is 22.9 Å². The van der Waals surface area contributed by atoms with Crippen LogP contribution in [0.5, 0.6) is 0 Å². The number of rotatable bonds is 7. The molecule has 166 valence electrons. The fourth-order valence-electron chi connectivity index (χ4n) is 3.56. The van der Waals surface area contributed by atoms with Crippen molar-refractivity contribution in [1.29, 1.82) is 0 Å². The van der Waals surface area contributed by atoms with Crippen LogP contribution < -0.4 is 15.7 Å². The van der Waals surface area contributed by atoms with Gasteiger partial charge >= 0.3 is 5.69 Å². The van der Waals surface area contributed by atoms with Gasteiger partial charge in [0.25, 0.3) is 21.5 Å². The summed E-state index contributed by atoms with van der Waals surface area (Å²) in [4.78, 5) is 41.0. The van der Waals surface area contributed by atoms with E-state index in [2.05, 4.69) is 10.1 Å². The minimum atomic E-state index is -4.22. The van der Waals surface area contributed by atoms with Crippen molar-refractivity contribution in [2.45, 2.75) is 46.6 Å². The average Bonchev–Trinajstić information content (AvgIpc) is 3.18. The van der Waals surface area contributed by atoms with Gasteiger partial charge in [0.1, 0.15) is 0 Å². The molecular formula is C20H25N5O5S. The topological polar surface area (TPSA) is 127 Å². The lowest BCUT2D eigenvalue weighted by atomic mass is 9.99. The minimum absolute atomic E-state index is 0.0913. The number of fused-ring (bicyclic) bond motifs is 1. The molecule has 0 radical (unpaired) electrons. The van der Waals surface area contributed by atoms with Crippen LogP contribution in [0.2, 0.25) is 0 Å². The fraction of sp³-hybridized carbons (Fsp3) is 0.400. The van der Waals surface area contributed by atoms with Crippen LogP contribution >= 0.6 is 0 Å². The summed E-state index contributed by atoms with van der Waals surface area (Å²) in [7, 11) is -4.22. The van der Waals surface area contributed by atoms with E-state index in [1.165, 1.54) is 0 Å². The van der Waals surface area contributed by atoms with Gasteiger partial charge in [-0.15, -0.1) is 9.09 Å². The number of carbonyl (C=O) groups is 1. The van der Waals surface area contributed by atoms with Crippen molar-refractivity contribution in [3.63, 3.8) is 0 Å². The van der Waals surface area contributed by atoms with Crippen molar-refractivity contribution in [2.75, 3.05) is 10.7 Å². The summed E-state index contributed by atoms with van der Waals surface area (Å²) < 4.78 is 27.0. The maximum atomic E-state index is 13.3. The summed E-state index contributed by atoms with van der Waals surface area (Å²) in [6, 6.07) is 5.13. The highest BCUT2D eigenvalue weighted by atomic mass is 32.2. The Bertz CT molecular complexity index is 1370. The third kappa shape index (κ3) is 4.05. The third-order valence-corrected chi connectivity index (χ3v) is 5.94. The number of hydrogen-bond donors (Lipinski definition) is 1. The molecule has 0 fully saturated rings. The molecule has 0 saturated heterocycles. The molecule has 0 aliphatic heterocycles. The van der Waals surface area contributed by atoms with Crippen molar-refractivity contribution in [3.8, 4) is 11.3 Å². The van der Waals surface area contributed by atoms with Crippen molar-refractivity contribution < 1.29 is 13.2 Å². The second kappa shape index (κ2) is 8.50. The largest absolute Gasteiger partial charge is 0.349 e. The molecule has 1 amide bonds. The zero-order valence-electron chi connectivity index (χ0n) is 17.9. The highest BCUT2D eigenvalue weighted by Gasteiger charge is 2.29. The molecule has 0 spiro atoms. The predicted molar refractivity (Wildman–Crippen MR) is 118 cm³/mol. The summed E-state index contributed by atoms with van der Waals surface area (Å²) in [6.45, 7) is 6.20. The number of aromatic amines is 1. The molecule has 3 rings (SSSR count). The zero-order chi connectivity index (χ0) is 22.9. The maximum Gasteiger partial charge on any atom is 0.349 e. The number of aryl methyl sites for hydroxylation is 2. The normalized spacial score (nSPS) is 11.7. The van der Waals surface area contributed by atoms with Crippen LogP contribution in [0.4, 0.5) is 0 Å². The summed E-state index contributed by atoms with van der Waals surface area (Å²) in [5.41, 5.74) is 0.806. The van der Waals surface area contributed by atoms with Gasteiger partial charge in [-0.1, -0.05) is 13.8 Å². The molecule has 0 bridgehead atoms. The SMILES string of the molecule is CCCC(=O)N(n1c(=O)[nH]c2cc(CC)c(-c3ccnn3CC)cc2c1=O)S(C)(=O)=O. The average molecular weight is 448 g/mol. The molecule has 0 unspecified atom stereocenters. The van der Waals surface area contributed by atoms with E-state index in [0.717, 1.165) is 23.1 Å². The van der Waals surface area contributed by atoms with Gasteiger partial charge < -0.3 is 4.98 Å². The van der Waals surface area contributed by atoms with Gasteiger partial charge in [0.15, 0.2) is 0 Å². The fourth-order valence-corrected chi connectivity index (χ4v) is 4.47. The summed E-state index contributed by atoms with van der Waals surface area (Å²) in [6.07, 6.45) is 3.29. The number of benzene rings is 1. The number of hydrogen-bond acceptors (Lipinski definition) is 6. The van der Waals surface area contributed by atoms with E-state index < -0.39 is 27.2 Å². The van der Waals surface area contributed by atoms with Crippen LogP contribution in [0.15, 0.2) is 34.0 Å². The van der Waals surface area contributed by atoms with Gasteiger partial charge in [-0.3, -0.25) is 14.3 Å². The highest BCUT2D eigenvalue weighted by Crippen LogP contribution is 2.27. The second-order valence-corrected chi connectivity index (χ2v) is 8.95. The van der Waals surface area contributed by atoms with Crippen LogP contribution in [-0.4, -0.2) is 40.0 Å². The molecule has 10 nitrogen and oxygen atoms in total. The number of sulfonamides is 1. The number of amides is 1. The predicted octanol–water partition coefficient (Wildman–Crippen LogP) is 1.36. The van der Waals surface area contributed by atoms with Gasteiger partial charge in [-0.25, -0.2) is 13.2 Å². The number of nitrogens with zero attached hydrogens (tertiary/aromatic N) is 4. The van der Waals surface area contributed by atoms with Crippen LogP contribution in [0, 0.1) is 0 Å². The first-order valence-corrected chi connectivity index (χ1v) is 11.9. The number of aromatic nitrogens is 4. The molecule has 31 heavy (non-hydrogen) atoms. The Morgan fingerprint density at radius 3 is 2.48 bits per heavy atom. The molecule has 2 heterocycles. The quantitative estimate of drug-likeness (QED) is 0.583. The molecule has 0 aliphatic rings. The Hall–Kier alpha value is -3.21. The molecule has 3 aromatic rings. The lowest BCUT2D eigenvalue weighted by molar-refractivity contribution is -0.118. The standard InChI is InChI=1S/C20H25N5O5S/c1-5-8-18(26)25(31(4,29)30)24-19(27)15-12-14(17-9-10-21-23(17)7-3)13(6-2)11-16(15)22-20(24)28/h9-12H,5-8H2,1-4H3,(H,22,28). The van der Waals surface area contributed by atoms with Gasteiger partial charge in [0, 0.05) is 24.7 Å². The molecule has 1 N–H and O–H groups in total. The second-order valence-electron chi connectivity index (χ2n) is 7.14. The Morgan fingerprint density at radius 2 is 1.90 bits per heavy atom. The molecule has 0 atom stereocenters. The lowest BCUT2D eigenvalue weighted by Gasteiger charge is -2.21. The van der Waals surface area contributed by atoms with Crippen LogP contribution in [0.1, 0.15) is 39.2 Å². The monoisotopic (exact) mass is 447 g/mol. The van der Waals surface area contributed by atoms with E-state index in [4.69, 9.17) is 0 Å². The summed E-state index contributed by atoms with van der Waals surface area (Å²) >= 11 is 0. The molecule has 0 saturated carbocycles. The Labute approximate surface area is 179 Å². The molecule has 11 heteroatoms. The number of carbonyl (C=O) groups excluding carboxylic acids is 1. The number of H-pyrrole nitrogens is 1. The van der Waals surface area contributed by atoms with Crippen molar-refractivity contribution in [3.05, 3.63) is 50.8 Å². The smallest absolute Gasteiger partial charge is 0.305 e. The Morgan fingerprint density at radius 1 is 1.19 bits per heavy atom. The van der Waals surface area contributed by atoms with Crippen molar-refractivity contribution in [2.24, 2.45) is 0 Å². The number of nitrogens with one attached hydrogen (secondary N) is 1. The minimum Gasteiger partial charge on any atom is -0.305 e. The Kier molecular flexibility index (Phi) is 6.16. The first kappa shape index (κ1) is 22.5. The van der Waals surface area contributed by atoms with E-state index >= 15 is 0 Å². The maximum absolute atomic E-state index is 13.3. The van der Waals surface area contributed by atoms with E-state index in [0.29, 0.717) is 24.1 Å². The van der Waals surface area contributed by atoms with Crippen molar-refractivity contribution in [1.82, 2.24) is 19.4 Å². The third-order valence-electron chi connectivity index (χ3n) is 4.95. The van der Waals surface area contributed by atoms with Crippen LogP contribution in [0.3, 0.4) is 0 Å². The van der Waals surface area contributed by atoms with E-state index in [1.807, 2.05) is 19.9 Å². The van der Waals surface area contributed by atoms with E-state index in [9.17, 15) is 22.8 Å². The molecule has 2 aromatic heterocycles. The van der Waals surface area contributed by atoms with E-state index in [-0.39, 0.29) is 21.7 Å². The van der Waals surface area contributed by atoms with Gasteiger partial charge in [0.2, 0.25) is 0 Å². The highest BCUT2D eigenvalue weighted by molar-refractivity contribution is 7.92. The zero-order valence-corrected chi connectivity index (χ0v) is 18.7.